The summed E-state index contributed by atoms with van der Waals surface area (Å²) in [4.78, 5) is 26.4. The van der Waals surface area contributed by atoms with Gasteiger partial charge in [0.05, 0.1) is 13.5 Å². The lowest BCUT2D eigenvalue weighted by atomic mass is 9.99. The van der Waals surface area contributed by atoms with Gasteiger partial charge in [0.25, 0.3) is 0 Å². The molecule has 6 heteroatoms. The van der Waals surface area contributed by atoms with Crippen LogP contribution in [0, 0.1) is 5.92 Å². The number of ether oxygens (including phenoxy) is 1. The van der Waals surface area contributed by atoms with Gasteiger partial charge in [-0.2, -0.15) is 0 Å². The average molecular weight is 320 g/mol. The van der Waals surface area contributed by atoms with Gasteiger partial charge in [0.1, 0.15) is 6.04 Å². The number of aromatic hydroxyl groups is 1. The SMILES string of the molecule is COc1cc(CC(=O)N2CCNC(=O)[C@H]2CC(C)C)ccc1O. The Morgan fingerprint density at radius 3 is 2.87 bits per heavy atom. The van der Waals surface area contributed by atoms with Crippen molar-refractivity contribution >= 4 is 11.8 Å². The van der Waals surface area contributed by atoms with Crippen LogP contribution in [-0.2, 0) is 16.0 Å². The van der Waals surface area contributed by atoms with E-state index in [-0.39, 0.29) is 24.0 Å². The number of nitrogens with zero attached hydrogens (tertiary/aromatic N) is 1. The standard InChI is InChI=1S/C17H24N2O4/c1-11(2)8-13-17(22)18-6-7-19(13)16(21)10-12-4-5-14(20)15(9-12)23-3/h4-5,9,11,13,20H,6-8,10H2,1-3H3,(H,18,22)/t13-/m1/s1. The summed E-state index contributed by atoms with van der Waals surface area (Å²) in [5, 5.41) is 12.4. The molecule has 2 N–H and O–H groups in total. The molecule has 0 unspecified atom stereocenters. The number of methoxy groups -OCH3 is 1. The zero-order chi connectivity index (χ0) is 17.0. The van der Waals surface area contributed by atoms with Crippen molar-refractivity contribution < 1.29 is 19.4 Å². The summed E-state index contributed by atoms with van der Waals surface area (Å²) in [6.45, 7) is 5.08. The number of phenolic OH excluding ortho intramolecular Hbond substituents is 1. The Labute approximate surface area is 136 Å². The largest absolute Gasteiger partial charge is 0.504 e. The Morgan fingerprint density at radius 2 is 2.22 bits per heavy atom. The molecule has 0 saturated carbocycles. The van der Waals surface area contributed by atoms with E-state index in [2.05, 4.69) is 5.32 Å². The lowest BCUT2D eigenvalue weighted by Gasteiger charge is -2.36. The van der Waals surface area contributed by atoms with Crippen LogP contribution in [0.4, 0.5) is 0 Å². The van der Waals surface area contributed by atoms with E-state index in [1.54, 1.807) is 17.0 Å². The van der Waals surface area contributed by atoms with Gasteiger partial charge in [-0.05, 0) is 30.0 Å². The monoisotopic (exact) mass is 320 g/mol. The lowest BCUT2D eigenvalue weighted by molar-refractivity contribution is -0.143. The van der Waals surface area contributed by atoms with Crippen molar-refractivity contribution in [3.05, 3.63) is 23.8 Å². The first kappa shape index (κ1) is 17.1. The number of carbonyl (C=O) groups excluding carboxylic acids is 2. The van der Waals surface area contributed by atoms with E-state index >= 15 is 0 Å². The van der Waals surface area contributed by atoms with Crippen LogP contribution in [0.1, 0.15) is 25.8 Å². The molecule has 0 bridgehead atoms. The molecule has 126 valence electrons. The number of benzene rings is 1. The highest BCUT2D eigenvalue weighted by atomic mass is 16.5. The molecule has 1 aliphatic heterocycles. The minimum atomic E-state index is -0.407. The number of hydrogen-bond donors (Lipinski definition) is 2. The van der Waals surface area contributed by atoms with Gasteiger partial charge in [-0.1, -0.05) is 19.9 Å². The third-order valence-corrected chi connectivity index (χ3v) is 3.95. The van der Waals surface area contributed by atoms with Gasteiger partial charge in [-0.3, -0.25) is 9.59 Å². The molecule has 1 aromatic carbocycles. The first-order valence-corrected chi connectivity index (χ1v) is 7.85. The van der Waals surface area contributed by atoms with Gasteiger partial charge in [0.15, 0.2) is 11.5 Å². The second kappa shape index (κ2) is 7.35. The molecule has 1 atom stereocenters. The molecule has 0 aliphatic carbocycles. The molecule has 2 amide bonds. The summed E-state index contributed by atoms with van der Waals surface area (Å²) in [5.74, 6) is 0.539. The Kier molecular flexibility index (Phi) is 5.47. The van der Waals surface area contributed by atoms with Crippen LogP contribution in [0.5, 0.6) is 11.5 Å². The summed E-state index contributed by atoms with van der Waals surface area (Å²) in [6, 6.07) is 4.44. The van der Waals surface area contributed by atoms with Crippen molar-refractivity contribution in [1.29, 1.82) is 0 Å². The Balaban J connectivity index is 2.12. The number of phenols is 1. The molecule has 0 spiro atoms. The Bertz CT molecular complexity index is 586. The van der Waals surface area contributed by atoms with Crippen molar-refractivity contribution in [3.8, 4) is 11.5 Å². The van der Waals surface area contributed by atoms with Crippen LogP contribution in [0.25, 0.3) is 0 Å². The molecule has 1 fully saturated rings. The second-order valence-corrected chi connectivity index (χ2v) is 6.21. The molecule has 1 heterocycles. The number of hydrogen-bond acceptors (Lipinski definition) is 4. The smallest absolute Gasteiger partial charge is 0.242 e. The van der Waals surface area contributed by atoms with E-state index in [4.69, 9.17) is 4.74 Å². The zero-order valence-electron chi connectivity index (χ0n) is 13.8. The molecular formula is C17H24N2O4. The summed E-state index contributed by atoms with van der Waals surface area (Å²) in [6.07, 6.45) is 0.828. The van der Waals surface area contributed by atoms with Gasteiger partial charge in [0, 0.05) is 13.1 Å². The van der Waals surface area contributed by atoms with Crippen molar-refractivity contribution in [3.63, 3.8) is 0 Å². The molecule has 0 aromatic heterocycles. The highest BCUT2D eigenvalue weighted by Gasteiger charge is 2.33. The van der Waals surface area contributed by atoms with E-state index < -0.39 is 6.04 Å². The topological polar surface area (TPSA) is 78.9 Å². The van der Waals surface area contributed by atoms with E-state index in [0.717, 1.165) is 5.56 Å². The molecule has 0 radical (unpaired) electrons. The predicted molar refractivity (Wildman–Crippen MR) is 86.3 cm³/mol. The van der Waals surface area contributed by atoms with E-state index in [0.29, 0.717) is 31.2 Å². The minimum absolute atomic E-state index is 0.0405. The van der Waals surface area contributed by atoms with E-state index in [1.807, 2.05) is 13.8 Å². The zero-order valence-corrected chi connectivity index (χ0v) is 13.8. The summed E-state index contributed by atoms with van der Waals surface area (Å²) >= 11 is 0. The fourth-order valence-electron chi connectivity index (χ4n) is 2.80. The minimum Gasteiger partial charge on any atom is -0.504 e. The highest BCUT2D eigenvalue weighted by Crippen LogP contribution is 2.27. The fourth-order valence-corrected chi connectivity index (χ4v) is 2.80. The van der Waals surface area contributed by atoms with E-state index in [1.165, 1.54) is 13.2 Å². The number of amides is 2. The van der Waals surface area contributed by atoms with Gasteiger partial charge < -0.3 is 20.1 Å². The van der Waals surface area contributed by atoms with Crippen LogP contribution in [0.3, 0.4) is 0 Å². The number of carbonyl (C=O) groups is 2. The predicted octanol–water partition coefficient (Wildman–Crippen LogP) is 1.32. The van der Waals surface area contributed by atoms with Gasteiger partial charge >= 0.3 is 0 Å². The maximum absolute atomic E-state index is 12.6. The first-order valence-electron chi connectivity index (χ1n) is 7.85. The van der Waals surface area contributed by atoms with Gasteiger partial charge in [-0.15, -0.1) is 0 Å². The van der Waals surface area contributed by atoms with Crippen molar-refractivity contribution in [2.75, 3.05) is 20.2 Å². The molecular weight excluding hydrogens is 296 g/mol. The summed E-state index contributed by atoms with van der Waals surface area (Å²) < 4.78 is 5.06. The summed E-state index contributed by atoms with van der Waals surface area (Å²) in [7, 11) is 1.47. The number of rotatable bonds is 5. The van der Waals surface area contributed by atoms with Crippen LogP contribution in [-0.4, -0.2) is 48.1 Å². The molecule has 1 saturated heterocycles. The maximum atomic E-state index is 12.6. The fraction of sp³-hybridized carbons (Fsp3) is 0.529. The molecule has 1 aliphatic rings. The van der Waals surface area contributed by atoms with Crippen LogP contribution in [0.15, 0.2) is 18.2 Å². The average Bonchev–Trinajstić information content (AvgIpc) is 2.50. The summed E-state index contributed by atoms with van der Waals surface area (Å²) in [5.41, 5.74) is 0.749. The van der Waals surface area contributed by atoms with Crippen molar-refractivity contribution in [1.82, 2.24) is 10.2 Å². The Hall–Kier alpha value is -2.24. The first-order chi connectivity index (χ1) is 10.9. The third kappa shape index (κ3) is 4.15. The van der Waals surface area contributed by atoms with E-state index in [9.17, 15) is 14.7 Å². The second-order valence-electron chi connectivity index (χ2n) is 6.21. The van der Waals surface area contributed by atoms with Crippen LogP contribution >= 0.6 is 0 Å². The molecule has 23 heavy (non-hydrogen) atoms. The van der Waals surface area contributed by atoms with Crippen molar-refractivity contribution in [2.45, 2.75) is 32.7 Å². The Morgan fingerprint density at radius 1 is 1.48 bits per heavy atom. The normalized spacial score (nSPS) is 18.0. The molecule has 6 nitrogen and oxygen atoms in total. The number of piperazine rings is 1. The highest BCUT2D eigenvalue weighted by molar-refractivity contribution is 5.89. The van der Waals surface area contributed by atoms with Crippen LogP contribution in [0.2, 0.25) is 0 Å². The molecule has 2 rings (SSSR count). The quantitative estimate of drug-likeness (QED) is 0.857. The lowest BCUT2D eigenvalue weighted by Crippen LogP contribution is -2.57. The third-order valence-electron chi connectivity index (χ3n) is 3.95. The van der Waals surface area contributed by atoms with Gasteiger partial charge in [0.2, 0.25) is 11.8 Å². The van der Waals surface area contributed by atoms with Gasteiger partial charge in [-0.25, -0.2) is 0 Å². The maximum Gasteiger partial charge on any atom is 0.242 e. The van der Waals surface area contributed by atoms with Crippen molar-refractivity contribution in [2.24, 2.45) is 5.92 Å². The molecule has 1 aromatic rings. The number of nitrogens with one attached hydrogen (secondary N) is 1. The van der Waals surface area contributed by atoms with Crippen LogP contribution < -0.4 is 10.1 Å².